The minimum Gasteiger partial charge on any atom is -0.501 e. The summed E-state index contributed by atoms with van der Waals surface area (Å²) < 4.78 is 25.6. The smallest absolute Gasteiger partial charge is 0.367 e. The fourth-order valence-corrected chi connectivity index (χ4v) is 7.29. The number of hydrogen-bond donors (Lipinski definition) is 0. The van der Waals surface area contributed by atoms with Gasteiger partial charge in [-0.25, -0.2) is 4.79 Å². The van der Waals surface area contributed by atoms with Crippen LogP contribution in [-0.4, -0.2) is 19.7 Å². The van der Waals surface area contributed by atoms with Gasteiger partial charge in [0.25, 0.3) is 0 Å². The number of esters is 1. The Kier molecular flexibility index (Phi) is 5.19. The highest BCUT2D eigenvalue weighted by Gasteiger charge is 2.59. The lowest BCUT2D eigenvalue weighted by molar-refractivity contribution is -0.140. The summed E-state index contributed by atoms with van der Waals surface area (Å²) in [4.78, 5) is 12.1. The first-order valence-electron chi connectivity index (χ1n) is 11.3. The Morgan fingerprint density at radius 3 is 2.59 bits per heavy atom. The Labute approximate surface area is 174 Å². The second-order valence-corrected chi connectivity index (χ2v) is 10.0. The molecule has 4 heteroatoms. The molecule has 0 spiro atoms. The van der Waals surface area contributed by atoms with Crippen LogP contribution < -0.4 is 0 Å². The molecule has 2 fully saturated rings. The summed E-state index contributed by atoms with van der Waals surface area (Å²) in [6.45, 7) is 8.90. The molecule has 0 unspecified atom stereocenters. The van der Waals surface area contributed by atoms with E-state index in [1.54, 1.807) is 14.0 Å². The Bertz CT molecular complexity index is 794. The number of rotatable bonds is 3. The molecular formula is C25H35FO3. The van der Waals surface area contributed by atoms with Crippen LogP contribution in [0.2, 0.25) is 0 Å². The number of carbonyl (C=O) groups excluding carboxylic acids is 1. The van der Waals surface area contributed by atoms with Crippen LogP contribution in [0, 0.1) is 34.5 Å². The standard InChI is InChI=1S/C25H35FO3/c1-6-29-23(27)22(26)20-8-7-18-21-15(2)13-16-14-17(28-5)9-11-24(16,3)19(21)10-12-25(18,20)4/h13-15,18-19,21H,6-12H2,1-5H3/t15-,18-,19-,21-,24-,25-/m0/s1. The number of ether oxygens (including phenoxy) is 2. The van der Waals surface area contributed by atoms with E-state index < -0.39 is 11.8 Å². The van der Waals surface area contributed by atoms with Gasteiger partial charge in [-0.3, -0.25) is 0 Å². The monoisotopic (exact) mass is 402 g/mol. The normalized spacial score (nSPS) is 42.7. The Morgan fingerprint density at radius 2 is 1.90 bits per heavy atom. The number of methoxy groups -OCH3 is 1. The van der Waals surface area contributed by atoms with Gasteiger partial charge in [-0.2, -0.15) is 4.39 Å². The van der Waals surface area contributed by atoms with Crippen LogP contribution in [0.4, 0.5) is 4.39 Å². The quantitative estimate of drug-likeness (QED) is 0.421. The summed E-state index contributed by atoms with van der Waals surface area (Å²) in [6, 6.07) is 0. The molecule has 4 aliphatic rings. The van der Waals surface area contributed by atoms with Gasteiger partial charge >= 0.3 is 5.97 Å². The zero-order valence-electron chi connectivity index (χ0n) is 18.5. The number of halogens is 1. The third-order valence-corrected chi connectivity index (χ3v) is 8.83. The van der Waals surface area contributed by atoms with Crippen molar-refractivity contribution in [3.63, 3.8) is 0 Å². The topological polar surface area (TPSA) is 35.5 Å². The van der Waals surface area contributed by atoms with Gasteiger partial charge in [0, 0.05) is 6.42 Å². The van der Waals surface area contributed by atoms with Crippen LogP contribution in [0.5, 0.6) is 0 Å². The van der Waals surface area contributed by atoms with Crippen LogP contribution in [0.3, 0.4) is 0 Å². The van der Waals surface area contributed by atoms with E-state index in [2.05, 4.69) is 32.9 Å². The molecular weight excluding hydrogens is 367 g/mol. The van der Waals surface area contributed by atoms with Gasteiger partial charge in [0.15, 0.2) is 0 Å². The first-order valence-corrected chi connectivity index (χ1v) is 11.3. The highest BCUT2D eigenvalue weighted by molar-refractivity contribution is 5.87. The van der Waals surface area contributed by atoms with Crippen LogP contribution in [-0.2, 0) is 14.3 Å². The van der Waals surface area contributed by atoms with E-state index in [9.17, 15) is 4.79 Å². The van der Waals surface area contributed by atoms with Gasteiger partial charge in [0.1, 0.15) is 0 Å². The fraction of sp³-hybridized carbons (Fsp3) is 0.720. The Morgan fingerprint density at radius 1 is 1.17 bits per heavy atom. The predicted octanol–water partition coefficient (Wildman–Crippen LogP) is 6.12. The fourth-order valence-electron chi connectivity index (χ4n) is 7.29. The summed E-state index contributed by atoms with van der Waals surface area (Å²) >= 11 is 0. The van der Waals surface area contributed by atoms with E-state index in [-0.39, 0.29) is 17.4 Å². The van der Waals surface area contributed by atoms with Crippen molar-refractivity contribution in [2.75, 3.05) is 13.7 Å². The minimum atomic E-state index is -0.776. The van der Waals surface area contributed by atoms with E-state index in [1.807, 2.05) is 0 Å². The molecule has 0 N–H and O–H groups in total. The molecule has 0 aromatic rings. The maximum absolute atomic E-state index is 15.0. The van der Waals surface area contributed by atoms with Gasteiger partial charge in [0.05, 0.1) is 19.5 Å². The maximum atomic E-state index is 15.0. The molecule has 0 bridgehead atoms. The van der Waals surface area contributed by atoms with Gasteiger partial charge in [-0.05, 0) is 90.8 Å². The third kappa shape index (κ3) is 3.00. The number of allylic oxidation sites excluding steroid dienone is 5. The summed E-state index contributed by atoms with van der Waals surface area (Å²) in [5.41, 5.74) is 2.10. The summed E-state index contributed by atoms with van der Waals surface area (Å²) in [5.74, 6) is 1.71. The van der Waals surface area contributed by atoms with Crippen molar-refractivity contribution in [1.82, 2.24) is 0 Å². The number of hydrogen-bond acceptors (Lipinski definition) is 3. The Balaban J connectivity index is 1.70. The van der Waals surface area contributed by atoms with Gasteiger partial charge in [-0.1, -0.05) is 26.8 Å². The minimum absolute atomic E-state index is 0.173. The zero-order chi connectivity index (χ0) is 21.0. The van der Waals surface area contributed by atoms with Crippen molar-refractivity contribution in [2.45, 2.75) is 66.2 Å². The number of carbonyl (C=O) groups is 1. The van der Waals surface area contributed by atoms with Gasteiger partial charge in [-0.15, -0.1) is 0 Å². The lowest BCUT2D eigenvalue weighted by Crippen LogP contribution is -2.50. The predicted molar refractivity (Wildman–Crippen MR) is 111 cm³/mol. The van der Waals surface area contributed by atoms with Gasteiger partial charge < -0.3 is 9.47 Å². The first kappa shape index (κ1) is 20.7. The molecule has 0 aromatic carbocycles. The van der Waals surface area contributed by atoms with E-state index in [0.717, 1.165) is 43.4 Å². The number of fused-ring (bicyclic) bond motifs is 5. The highest BCUT2D eigenvalue weighted by Crippen LogP contribution is 2.67. The van der Waals surface area contributed by atoms with Crippen LogP contribution >= 0.6 is 0 Å². The summed E-state index contributed by atoms with van der Waals surface area (Å²) in [6.07, 6.45) is 10.5. The average molecular weight is 403 g/mol. The molecule has 0 saturated heterocycles. The molecule has 29 heavy (non-hydrogen) atoms. The molecule has 0 amide bonds. The SMILES string of the molecule is CCOC(=O)C(F)=C1CC[C@H]2[C@@H]3[C@@H](C)C=C4C=C(OC)CC[C@]4(C)[C@H]3CC[C@]12C. The average Bonchev–Trinajstić information content (AvgIpc) is 3.05. The molecule has 4 rings (SSSR count). The lowest BCUT2D eigenvalue weighted by atomic mass is 9.46. The van der Waals surface area contributed by atoms with Crippen molar-refractivity contribution in [3.8, 4) is 0 Å². The molecule has 0 aliphatic heterocycles. The van der Waals surface area contributed by atoms with Crippen molar-refractivity contribution in [1.29, 1.82) is 0 Å². The zero-order valence-corrected chi connectivity index (χ0v) is 18.5. The molecule has 0 heterocycles. The molecule has 3 nitrogen and oxygen atoms in total. The lowest BCUT2D eigenvalue weighted by Gasteiger charge is -2.58. The molecule has 2 saturated carbocycles. The van der Waals surface area contributed by atoms with Crippen LogP contribution in [0.25, 0.3) is 0 Å². The first-order chi connectivity index (χ1) is 13.8. The third-order valence-electron chi connectivity index (χ3n) is 8.83. The maximum Gasteiger partial charge on any atom is 0.367 e. The van der Waals surface area contributed by atoms with Crippen molar-refractivity contribution < 1.29 is 18.7 Å². The van der Waals surface area contributed by atoms with E-state index in [4.69, 9.17) is 9.47 Å². The molecule has 160 valence electrons. The second kappa shape index (κ2) is 7.28. The largest absolute Gasteiger partial charge is 0.501 e. The van der Waals surface area contributed by atoms with Crippen LogP contribution in [0.1, 0.15) is 66.2 Å². The van der Waals surface area contributed by atoms with Crippen molar-refractivity contribution in [2.24, 2.45) is 34.5 Å². The Hall–Kier alpha value is -1.58. The highest BCUT2D eigenvalue weighted by atomic mass is 19.1. The van der Waals surface area contributed by atoms with Crippen molar-refractivity contribution in [3.05, 3.63) is 34.9 Å². The van der Waals surface area contributed by atoms with E-state index >= 15 is 4.39 Å². The molecule has 4 aliphatic carbocycles. The van der Waals surface area contributed by atoms with E-state index in [0.29, 0.717) is 30.1 Å². The summed E-state index contributed by atoms with van der Waals surface area (Å²) in [7, 11) is 1.76. The van der Waals surface area contributed by atoms with Crippen LogP contribution in [0.15, 0.2) is 34.9 Å². The molecule has 0 radical (unpaired) electrons. The molecule has 0 aromatic heterocycles. The second-order valence-electron chi connectivity index (χ2n) is 10.0. The summed E-state index contributed by atoms with van der Waals surface area (Å²) in [5, 5.41) is 0. The van der Waals surface area contributed by atoms with Crippen molar-refractivity contribution >= 4 is 5.97 Å². The van der Waals surface area contributed by atoms with Gasteiger partial charge in [0.2, 0.25) is 5.83 Å². The van der Waals surface area contributed by atoms with E-state index in [1.165, 1.54) is 5.57 Å². The molecule has 6 atom stereocenters.